The summed E-state index contributed by atoms with van der Waals surface area (Å²) in [7, 11) is -3.43. The van der Waals surface area contributed by atoms with Crippen LogP contribution in [-0.2, 0) is 32.6 Å². The number of rotatable bonds is 10. The third kappa shape index (κ3) is 5.61. The number of hydrogen-bond donors (Lipinski definition) is 5. The van der Waals surface area contributed by atoms with E-state index in [1.165, 1.54) is 10.9 Å². The van der Waals surface area contributed by atoms with E-state index in [2.05, 4.69) is 29.8 Å². The quantitative estimate of drug-likeness (QED) is 0.0969. The molecule has 40 heavy (non-hydrogen) atoms. The van der Waals surface area contributed by atoms with Crippen molar-refractivity contribution in [2.45, 2.75) is 49.7 Å². The number of aliphatic hydroxyl groups excluding tert-OH is 2. The number of anilines is 2. The van der Waals surface area contributed by atoms with Gasteiger partial charge in [-0.25, -0.2) is 24.2 Å². The topological polar surface area (TPSA) is 276 Å². The first-order valence-corrected chi connectivity index (χ1v) is 13.2. The number of nitrogens with one attached hydrogen (secondary N) is 1. The Labute approximate surface area is 223 Å². The molecule has 0 saturated carbocycles. The van der Waals surface area contributed by atoms with E-state index in [-0.39, 0.29) is 35.9 Å². The van der Waals surface area contributed by atoms with Crippen LogP contribution >= 0.6 is 7.82 Å². The number of aromatic nitrogens is 7. The van der Waals surface area contributed by atoms with E-state index in [1.54, 1.807) is 0 Å². The molecule has 20 nitrogen and oxygen atoms in total. The van der Waals surface area contributed by atoms with Crippen molar-refractivity contribution >= 4 is 30.9 Å². The van der Waals surface area contributed by atoms with Crippen LogP contribution in [0.1, 0.15) is 25.3 Å². The van der Waals surface area contributed by atoms with Crippen LogP contribution in [0.2, 0.25) is 0 Å². The highest BCUT2D eigenvalue weighted by Gasteiger charge is 2.45. The number of ether oxygens (including phenoxy) is 2. The first-order chi connectivity index (χ1) is 19.1. The molecule has 2 aliphatic heterocycles. The van der Waals surface area contributed by atoms with E-state index in [1.807, 2.05) is 0 Å². The minimum atomic E-state index is -4.50. The van der Waals surface area contributed by atoms with Crippen LogP contribution in [0.15, 0.2) is 22.2 Å². The zero-order valence-electron chi connectivity index (χ0n) is 20.8. The minimum Gasteiger partial charge on any atom is -0.394 e. The summed E-state index contributed by atoms with van der Waals surface area (Å²) in [6.45, 7) is -1.04. The van der Waals surface area contributed by atoms with E-state index in [0.717, 1.165) is 18.0 Å². The van der Waals surface area contributed by atoms with Gasteiger partial charge >= 0.3 is 13.5 Å². The zero-order chi connectivity index (χ0) is 28.6. The third-order valence-electron chi connectivity index (χ3n) is 6.21. The fraction of sp³-hybridized carbons (Fsp3) is 0.579. The van der Waals surface area contributed by atoms with Crippen LogP contribution in [0.25, 0.3) is 11.2 Å². The lowest BCUT2D eigenvalue weighted by atomic mass is 10.2. The molecule has 2 fully saturated rings. The SMILES string of the molecule is COOP(=O)(OCC1O[C@@H](n2cnc3c(=O)[nH]c(N)nc32)C[C@H]1O)O[C@@H]1C[C@H](n2cnc(N)nc2=O)OC1CO. The molecule has 0 amide bonds. The minimum absolute atomic E-state index is 0.0294. The Morgan fingerprint density at radius 2 is 1.85 bits per heavy atom. The Balaban J connectivity index is 1.26. The van der Waals surface area contributed by atoms with Crippen molar-refractivity contribution in [3.63, 3.8) is 0 Å². The summed E-state index contributed by atoms with van der Waals surface area (Å²) in [6, 6.07) is 0. The second kappa shape index (κ2) is 11.3. The van der Waals surface area contributed by atoms with Gasteiger partial charge in [0.1, 0.15) is 37.1 Å². The summed E-state index contributed by atoms with van der Waals surface area (Å²) in [5, 5.41) is 20.3. The molecule has 5 heterocycles. The molecule has 218 valence electrons. The van der Waals surface area contributed by atoms with Gasteiger partial charge in [-0.1, -0.05) is 0 Å². The molecule has 5 rings (SSSR count). The maximum absolute atomic E-state index is 13.4. The van der Waals surface area contributed by atoms with Gasteiger partial charge in [0, 0.05) is 12.8 Å². The molecule has 21 heteroatoms. The van der Waals surface area contributed by atoms with Crippen LogP contribution in [0.3, 0.4) is 0 Å². The molecule has 7 atom stereocenters. The van der Waals surface area contributed by atoms with E-state index in [4.69, 9.17) is 34.7 Å². The van der Waals surface area contributed by atoms with E-state index in [9.17, 15) is 24.4 Å². The first kappa shape index (κ1) is 28.2. The van der Waals surface area contributed by atoms with Crippen molar-refractivity contribution in [1.29, 1.82) is 0 Å². The Morgan fingerprint density at radius 1 is 1.12 bits per heavy atom. The number of hydrogen-bond acceptors (Lipinski definition) is 17. The van der Waals surface area contributed by atoms with Crippen LogP contribution in [-0.4, -0.2) is 89.0 Å². The monoisotopic (exact) mass is 587 g/mol. The number of nitrogens with zero attached hydrogens (tertiary/aromatic N) is 6. The molecule has 3 aromatic rings. The number of fused-ring (bicyclic) bond motifs is 1. The lowest BCUT2D eigenvalue weighted by Gasteiger charge is -2.23. The fourth-order valence-electron chi connectivity index (χ4n) is 4.38. The maximum atomic E-state index is 13.4. The summed E-state index contributed by atoms with van der Waals surface area (Å²) in [5.74, 6) is -0.355. The predicted molar refractivity (Wildman–Crippen MR) is 130 cm³/mol. The lowest BCUT2D eigenvalue weighted by molar-refractivity contribution is -0.207. The number of aromatic amines is 1. The molecule has 0 aromatic carbocycles. The Morgan fingerprint density at radius 3 is 2.58 bits per heavy atom. The summed E-state index contributed by atoms with van der Waals surface area (Å²) in [6.07, 6.45) is -3.63. The molecule has 3 aromatic heterocycles. The molecule has 7 N–H and O–H groups in total. The van der Waals surface area contributed by atoms with Gasteiger partial charge in [0.15, 0.2) is 11.2 Å². The smallest absolute Gasteiger partial charge is 0.394 e. The highest BCUT2D eigenvalue weighted by Crippen LogP contribution is 2.53. The van der Waals surface area contributed by atoms with Gasteiger partial charge in [-0.2, -0.15) is 9.97 Å². The number of aliphatic hydroxyl groups is 2. The number of H-pyrrole nitrogens is 1. The first-order valence-electron chi connectivity index (χ1n) is 11.8. The maximum Gasteiger partial charge on any atom is 0.502 e. The number of imidazole rings is 1. The van der Waals surface area contributed by atoms with Gasteiger partial charge < -0.3 is 31.2 Å². The van der Waals surface area contributed by atoms with Gasteiger partial charge in [-0.3, -0.25) is 28.0 Å². The Kier molecular flexibility index (Phi) is 7.95. The fourth-order valence-corrected chi connectivity index (χ4v) is 5.58. The average molecular weight is 587 g/mol. The van der Waals surface area contributed by atoms with Gasteiger partial charge in [0.05, 0.1) is 32.8 Å². The number of nitrogens with two attached hydrogens (primary N) is 2. The van der Waals surface area contributed by atoms with Crippen molar-refractivity contribution in [2.24, 2.45) is 0 Å². The predicted octanol–water partition coefficient (Wildman–Crippen LogP) is -2.05. The number of nitrogen functional groups attached to an aromatic ring is 2. The lowest BCUT2D eigenvalue weighted by Crippen LogP contribution is -2.29. The molecule has 0 radical (unpaired) electrons. The normalized spacial score (nSPS) is 28.3. The third-order valence-corrected chi connectivity index (χ3v) is 7.53. The van der Waals surface area contributed by atoms with Crippen LogP contribution in [0.4, 0.5) is 11.9 Å². The molecule has 0 spiro atoms. The van der Waals surface area contributed by atoms with E-state index < -0.39 is 69.2 Å². The second-order valence-electron chi connectivity index (χ2n) is 8.79. The standard InChI is InChI=1S/C19H26N9O11P/c1-34-39-40(33,38-9-3-13(36-10(9)4-29)28-7-23-17(20)26-19(28)32)35-5-11-8(30)2-12(37-11)27-6-22-14-15(27)24-18(21)25-16(14)31/h6-13,29-30H,2-5H2,1H3,(H2,20,26,32)(H3,21,24,25,31)/t8-,9-,10?,11?,12-,13-,40?/m1/s1. The molecule has 0 bridgehead atoms. The molecule has 2 saturated heterocycles. The van der Waals surface area contributed by atoms with Gasteiger partial charge in [0.2, 0.25) is 11.9 Å². The highest BCUT2D eigenvalue weighted by atomic mass is 31.2. The molecule has 2 aliphatic rings. The van der Waals surface area contributed by atoms with Crippen molar-refractivity contribution in [1.82, 2.24) is 34.1 Å². The number of phosphoric acid groups is 1. The largest absolute Gasteiger partial charge is 0.502 e. The van der Waals surface area contributed by atoms with Crippen LogP contribution in [0, 0.1) is 0 Å². The van der Waals surface area contributed by atoms with Crippen molar-refractivity contribution < 1.29 is 42.9 Å². The summed E-state index contributed by atoms with van der Waals surface area (Å²) in [4.78, 5) is 46.5. The Hall–Kier alpha value is -3.33. The van der Waals surface area contributed by atoms with E-state index in [0.29, 0.717) is 0 Å². The molecular formula is C19H26N9O11P. The second-order valence-corrected chi connectivity index (χ2v) is 10.3. The molecular weight excluding hydrogens is 561 g/mol. The highest BCUT2D eigenvalue weighted by molar-refractivity contribution is 7.48. The van der Waals surface area contributed by atoms with Crippen molar-refractivity contribution in [3.05, 3.63) is 33.5 Å². The summed E-state index contributed by atoms with van der Waals surface area (Å²) >= 11 is 0. The van der Waals surface area contributed by atoms with Gasteiger partial charge in [-0.15, -0.1) is 4.67 Å². The zero-order valence-corrected chi connectivity index (χ0v) is 21.7. The van der Waals surface area contributed by atoms with Crippen molar-refractivity contribution in [2.75, 3.05) is 31.8 Å². The van der Waals surface area contributed by atoms with Gasteiger partial charge in [0.25, 0.3) is 5.56 Å². The van der Waals surface area contributed by atoms with Crippen molar-refractivity contribution in [3.8, 4) is 0 Å². The number of phosphoric ester groups is 1. The molecule has 3 unspecified atom stereocenters. The summed E-state index contributed by atoms with van der Waals surface area (Å²) < 4.78 is 43.0. The average Bonchev–Trinajstić information content (AvgIpc) is 3.59. The van der Waals surface area contributed by atoms with Crippen LogP contribution < -0.4 is 22.7 Å². The Bertz CT molecular complexity index is 1530. The van der Waals surface area contributed by atoms with Gasteiger partial charge in [-0.05, 0) is 0 Å². The van der Waals surface area contributed by atoms with E-state index >= 15 is 0 Å². The van der Waals surface area contributed by atoms with Crippen LogP contribution in [0.5, 0.6) is 0 Å². The molecule has 0 aliphatic carbocycles. The summed E-state index contributed by atoms with van der Waals surface area (Å²) in [5.41, 5.74) is 9.93.